The van der Waals surface area contributed by atoms with Gasteiger partial charge in [-0.2, -0.15) is 5.10 Å². The van der Waals surface area contributed by atoms with E-state index in [1.165, 1.54) is 0 Å². The fourth-order valence-electron chi connectivity index (χ4n) is 1.62. The molecule has 0 aromatic carbocycles. The summed E-state index contributed by atoms with van der Waals surface area (Å²) in [5.74, 6) is 0.221. The van der Waals surface area contributed by atoms with Gasteiger partial charge in [-0.15, -0.1) is 0 Å². The van der Waals surface area contributed by atoms with E-state index in [-0.39, 0.29) is 5.78 Å². The van der Waals surface area contributed by atoms with Gasteiger partial charge in [0.2, 0.25) is 0 Å². The van der Waals surface area contributed by atoms with E-state index >= 15 is 0 Å². The maximum absolute atomic E-state index is 11.8. The summed E-state index contributed by atoms with van der Waals surface area (Å²) in [4.78, 5) is 11.8. The molecule has 0 saturated heterocycles. The molecule has 1 rings (SSSR count). The fraction of sp³-hybridized carbons (Fsp3) is 0.667. The number of aromatic nitrogens is 2. The number of nitrogens with zero attached hydrogens (tertiary/aromatic N) is 2. The average Bonchev–Trinajstić information content (AvgIpc) is 2.60. The van der Waals surface area contributed by atoms with Gasteiger partial charge in [0, 0.05) is 13.5 Å². The van der Waals surface area contributed by atoms with E-state index in [1.807, 2.05) is 20.0 Å². The van der Waals surface area contributed by atoms with Gasteiger partial charge in [0.25, 0.3) is 0 Å². The third-order valence-corrected chi connectivity index (χ3v) is 2.59. The Morgan fingerprint density at radius 1 is 1.40 bits per heavy atom. The molecule has 3 nitrogen and oxygen atoms in total. The minimum absolute atomic E-state index is 0.221. The van der Waals surface area contributed by atoms with Crippen LogP contribution in [-0.2, 0) is 13.5 Å². The van der Waals surface area contributed by atoms with Crippen molar-refractivity contribution in [2.45, 2.75) is 46.0 Å². The topological polar surface area (TPSA) is 34.9 Å². The highest BCUT2D eigenvalue weighted by Crippen LogP contribution is 2.09. The van der Waals surface area contributed by atoms with Crippen molar-refractivity contribution in [3.05, 3.63) is 17.5 Å². The Bertz CT molecular complexity index is 328. The predicted octanol–water partition coefficient (Wildman–Crippen LogP) is 2.75. The Morgan fingerprint density at radius 2 is 2.13 bits per heavy atom. The number of Topliss-reactive ketones (excluding diaryl/α,β-unsaturated/α-hetero) is 1. The molecule has 0 radical (unpaired) electrons. The predicted molar refractivity (Wildman–Crippen MR) is 61.1 cm³/mol. The van der Waals surface area contributed by atoms with Crippen molar-refractivity contribution < 1.29 is 4.79 Å². The van der Waals surface area contributed by atoms with Crippen LogP contribution in [0.4, 0.5) is 0 Å². The first-order chi connectivity index (χ1) is 7.19. The molecule has 0 unspecified atom stereocenters. The van der Waals surface area contributed by atoms with Crippen molar-refractivity contribution in [1.29, 1.82) is 0 Å². The van der Waals surface area contributed by atoms with Crippen LogP contribution in [0.1, 0.15) is 55.7 Å². The minimum atomic E-state index is 0.221. The molecule has 0 saturated carbocycles. The molecule has 1 aromatic rings. The van der Waals surface area contributed by atoms with Crippen LogP contribution < -0.4 is 0 Å². The molecule has 84 valence electrons. The molecule has 0 aliphatic heterocycles. The summed E-state index contributed by atoms with van der Waals surface area (Å²) in [5.41, 5.74) is 1.75. The SMILES string of the molecule is CCCCCC(=O)c1cc(CC)nn1C. The molecule has 0 atom stereocenters. The number of unbranched alkanes of at least 4 members (excludes halogenated alkanes) is 2. The maximum atomic E-state index is 11.8. The summed E-state index contributed by atoms with van der Waals surface area (Å²) in [6.07, 6.45) is 4.80. The highest BCUT2D eigenvalue weighted by atomic mass is 16.1. The largest absolute Gasteiger partial charge is 0.292 e. The monoisotopic (exact) mass is 208 g/mol. The lowest BCUT2D eigenvalue weighted by molar-refractivity contribution is 0.0970. The maximum Gasteiger partial charge on any atom is 0.180 e. The third-order valence-electron chi connectivity index (χ3n) is 2.59. The van der Waals surface area contributed by atoms with Crippen molar-refractivity contribution in [3.8, 4) is 0 Å². The fourth-order valence-corrected chi connectivity index (χ4v) is 1.62. The van der Waals surface area contributed by atoms with Crippen molar-refractivity contribution in [2.75, 3.05) is 0 Å². The molecule has 1 heterocycles. The van der Waals surface area contributed by atoms with Crippen LogP contribution in [0.25, 0.3) is 0 Å². The van der Waals surface area contributed by atoms with Crippen LogP contribution in [0.3, 0.4) is 0 Å². The van der Waals surface area contributed by atoms with E-state index in [0.29, 0.717) is 6.42 Å². The van der Waals surface area contributed by atoms with Crippen LogP contribution in [0, 0.1) is 0 Å². The molecule has 0 aliphatic carbocycles. The van der Waals surface area contributed by atoms with Gasteiger partial charge in [0.1, 0.15) is 5.69 Å². The summed E-state index contributed by atoms with van der Waals surface area (Å²) in [5, 5.41) is 4.27. The molecule has 0 spiro atoms. The van der Waals surface area contributed by atoms with Crippen LogP contribution in [0.5, 0.6) is 0 Å². The van der Waals surface area contributed by atoms with E-state index in [1.54, 1.807) is 4.68 Å². The van der Waals surface area contributed by atoms with Gasteiger partial charge in [-0.05, 0) is 18.9 Å². The van der Waals surface area contributed by atoms with Gasteiger partial charge in [0.05, 0.1) is 5.69 Å². The molecule has 3 heteroatoms. The minimum Gasteiger partial charge on any atom is -0.292 e. The molecule has 1 aromatic heterocycles. The molecule has 0 bridgehead atoms. The van der Waals surface area contributed by atoms with Gasteiger partial charge in [-0.25, -0.2) is 0 Å². The molecule has 0 fully saturated rings. The van der Waals surface area contributed by atoms with E-state index in [2.05, 4.69) is 12.0 Å². The summed E-state index contributed by atoms with van der Waals surface area (Å²) < 4.78 is 1.70. The Morgan fingerprint density at radius 3 is 2.67 bits per heavy atom. The zero-order chi connectivity index (χ0) is 11.3. The van der Waals surface area contributed by atoms with E-state index in [0.717, 1.165) is 37.1 Å². The van der Waals surface area contributed by atoms with Crippen molar-refractivity contribution in [3.63, 3.8) is 0 Å². The van der Waals surface area contributed by atoms with Gasteiger partial charge in [-0.1, -0.05) is 26.7 Å². The average molecular weight is 208 g/mol. The highest BCUT2D eigenvalue weighted by Gasteiger charge is 2.11. The van der Waals surface area contributed by atoms with Gasteiger partial charge < -0.3 is 0 Å². The van der Waals surface area contributed by atoms with Gasteiger partial charge in [-0.3, -0.25) is 9.48 Å². The molecule has 0 amide bonds. The highest BCUT2D eigenvalue weighted by molar-refractivity contribution is 5.94. The van der Waals surface area contributed by atoms with Crippen molar-refractivity contribution in [1.82, 2.24) is 9.78 Å². The lowest BCUT2D eigenvalue weighted by Crippen LogP contribution is -2.06. The second-order valence-corrected chi connectivity index (χ2v) is 3.88. The molecule has 15 heavy (non-hydrogen) atoms. The van der Waals surface area contributed by atoms with Crippen LogP contribution in [0.15, 0.2) is 6.07 Å². The first kappa shape index (κ1) is 12.0. The summed E-state index contributed by atoms with van der Waals surface area (Å²) in [6.45, 7) is 4.19. The Hall–Kier alpha value is -1.12. The lowest BCUT2D eigenvalue weighted by atomic mass is 10.1. The van der Waals surface area contributed by atoms with Crippen molar-refractivity contribution >= 4 is 5.78 Å². The number of aryl methyl sites for hydroxylation is 2. The Kier molecular flexibility index (Phi) is 4.53. The van der Waals surface area contributed by atoms with E-state index in [4.69, 9.17) is 0 Å². The van der Waals surface area contributed by atoms with Gasteiger partial charge >= 0.3 is 0 Å². The molecule has 0 N–H and O–H groups in total. The zero-order valence-corrected chi connectivity index (χ0v) is 9.92. The number of ketones is 1. The normalized spacial score (nSPS) is 10.6. The number of carbonyl (C=O) groups is 1. The van der Waals surface area contributed by atoms with Crippen LogP contribution in [0.2, 0.25) is 0 Å². The lowest BCUT2D eigenvalue weighted by Gasteiger charge is -1.99. The first-order valence-corrected chi connectivity index (χ1v) is 5.75. The molecular formula is C12H20N2O. The van der Waals surface area contributed by atoms with E-state index < -0.39 is 0 Å². The Labute approximate surface area is 91.5 Å². The number of hydrogen-bond donors (Lipinski definition) is 0. The zero-order valence-electron chi connectivity index (χ0n) is 9.92. The number of hydrogen-bond acceptors (Lipinski definition) is 2. The smallest absolute Gasteiger partial charge is 0.180 e. The second-order valence-electron chi connectivity index (χ2n) is 3.88. The summed E-state index contributed by atoms with van der Waals surface area (Å²) >= 11 is 0. The quantitative estimate of drug-likeness (QED) is 0.532. The standard InChI is InChI=1S/C12H20N2O/c1-4-6-7-8-12(15)11-9-10(5-2)13-14(11)3/h9H,4-8H2,1-3H3. The number of rotatable bonds is 6. The first-order valence-electron chi connectivity index (χ1n) is 5.75. The summed E-state index contributed by atoms with van der Waals surface area (Å²) in [6, 6.07) is 1.91. The second kappa shape index (κ2) is 5.69. The summed E-state index contributed by atoms with van der Waals surface area (Å²) in [7, 11) is 1.84. The van der Waals surface area contributed by atoms with E-state index in [9.17, 15) is 4.79 Å². The Balaban J connectivity index is 2.60. The van der Waals surface area contributed by atoms with Crippen LogP contribution in [-0.4, -0.2) is 15.6 Å². The number of carbonyl (C=O) groups excluding carboxylic acids is 1. The third kappa shape index (κ3) is 3.18. The molecule has 0 aliphatic rings. The van der Waals surface area contributed by atoms with Crippen LogP contribution >= 0.6 is 0 Å². The molecular weight excluding hydrogens is 188 g/mol. The van der Waals surface area contributed by atoms with Crippen molar-refractivity contribution in [2.24, 2.45) is 7.05 Å². The van der Waals surface area contributed by atoms with Gasteiger partial charge in [0.15, 0.2) is 5.78 Å².